The molecule has 0 spiro atoms. The summed E-state index contributed by atoms with van der Waals surface area (Å²) < 4.78 is 13.5. The zero-order chi connectivity index (χ0) is 23.6. The van der Waals surface area contributed by atoms with E-state index in [4.69, 9.17) is 0 Å². The summed E-state index contributed by atoms with van der Waals surface area (Å²) in [7, 11) is 0. The number of hydrogen-bond acceptors (Lipinski definition) is 2. The Kier molecular flexibility index (Phi) is 8.76. The molecule has 3 aromatic rings. The Bertz CT molecular complexity index is 1050. The van der Waals surface area contributed by atoms with E-state index in [2.05, 4.69) is 5.32 Å². The van der Waals surface area contributed by atoms with E-state index in [0.29, 0.717) is 13.0 Å². The molecule has 0 radical (unpaired) electrons. The summed E-state index contributed by atoms with van der Waals surface area (Å²) in [6.07, 6.45) is 1.40. The Balaban J connectivity index is 1.95. The molecule has 33 heavy (non-hydrogen) atoms. The quantitative estimate of drug-likeness (QED) is 0.484. The number of hydrogen-bond donors (Lipinski definition) is 1. The Labute approximate surface area is 195 Å². The van der Waals surface area contributed by atoms with Crippen LogP contribution in [0.1, 0.15) is 35.6 Å². The molecule has 3 aromatic carbocycles. The molecule has 0 heterocycles. The minimum atomic E-state index is -0.680. The summed E-state index contributed by atoms with van der Waals surface area (Å²) in [4.78, 5) is 28.5. The van der Waals surface area contributed by atoms with Crippen molar-refractivity contribution in [1.82, 2.24) is 10.2 Å². The van der Waals surface area contributed by atoms with Gasteiger partial charge in [-0.2, -0.15) is 0 Å². The van der Waals surface area contributed by atoms with Gasteiger partial charge in [0.15, 0.2) is 0 Å². The van der Waals surface area contributed by atoms with Gasteiger partial charge in [-0.3, -0.25) is 9.59 Å². The van der Waals surface area contributed by atoms with Crippen molar-refractivity contribution in [3.8, 4) is 0 Å². The van der Waals surface area contributed by atoms with E-state index in [1.54, 1.807) is 17.0 Å². The van der Waals surface area contributed by atoms with Crippen molar-refractivity contribution < 1.29 is 14.0 Å². The highest BCUT2D eigenvalue weighted by molar-refractivity contribution is 5.89. The van der Waals surface area contributed by atoms with E-state index >= 15 is 0 Å². The van der Waals surface area contributed by atoms with Gasteiger partial charge >= 0.3 is 0 Å². The van der Waals surface area contributed by atoms with Crippen molar-refractivity contribution in [3.63, 3.8) is 0 Å². The maximum absolute atomic E-state index is 13.6. The lowest BCUT2D eigenvalue weighted by atomic mass is 10.00. The van der Waals surface area contributed by atoms with E-state index in [-0.39, 0.29) is 30.6 Å². The molecule has 0 aliphatic heterocycles. The number of halogens is 1. The van der Waals surface area contributed by atoms with Crippen molar-refractivity contribution in [2.75, 3.05) is 6.54 Å². The van der Waals surface area contributed by atoms with Gasteiger partial charge in [0.2, 0.25) is 11.8 Å². The average Bonchev–Trinajstić information content (AvgIpc) is 2.83. The number of aryl methyl sites for hydroxylation is 1. The van der Waals surface area contributed by atoms with Crippen LogP contribution in [0.15, 0.2) is 78.9 Å². The second-order valence-corrected chi connectivity index (χ2v) is 8.25. The second-order valence-electron chi connectivity index (χ2n) is 8.25. The average molecular weight is 447 g/mol. The summed E-state index contributed by atoms with van der Waals surface area (Å²) in [5.41, 5.74) is 3.71. The number of nitrogens with one attached hydrogen (secondary N) is 1. The molecule has 3 rings (SSSR count). The van der Waals surface area contributed by atoms with Gasteiger partial charge in [0.1, 0.15) is 11.9 Å². The first kappa shape index (κ1) is 24.2. The van der Waals surface area contributed by atoms with Crippen LogP contribution in [0.25, 0.3) is 0 Å². The normalized spacial score (nSPS) is 11.6. The monoisotopic (exact) mass is 446 g/mol. The SMILES string of the molecule is CCCNC(=O)C(Cc1ccccc1)N(Cc1ccc(F)cc1)C(=O)Cc1ccccc1C. The molecule has 0 saturated carbocycles. The van der Waals surface area contributed by atoms with Crippen LogP contribution in [0, 0.1) is 12.7 Å². The van der Waals surface area contributed by atoms with E-state index < -0.39 is 6.04 Å². The summed E-state index contributed by atoms with van der Waals surface area (Å²) in [6, 6.07) is 22.9. The van der Waals surface area contributed by atoms with Crippen LogP contribution >= 0.6 is 0 Å². The van der Waals surface area contributed by atoms with Gasteiger partial charge in [0.25, 0.3) is 0 Å². The third kappa shape index (κ3) is 7.01. The number of rotatable bonds is 10. The molecule has 0 fully saturated rings. The molecule has 4 nitrogen and oxygen atoms in total. The smallest absolute Gasteiger partial charge is 0.243 e. The highest BCUT2D eigenvalue weighted by Crippen LogP contribution is 2.18. The molecule has 5 heteroatoms. The number of carbonyl (C=O) groups is 2. The predicted molar refractivity (Wildman–Crippen MR) is 129 cm³/mol. The minimum absolute atomic E-state index is 0.138. The fraction of sp³-hybridized carbons (Fsp3) is 0.286. The van der Waals surface area contributed by atoms with Crippen LogP contribution in [0.5, 0.6) is 0 Å². The Morgan fingerprint density at radius 3 is 2.24 bits per heavy atom. The molecule has 1 unspecified atom stereocenters. The van der Waals surface area contributed by atoms with E-state index in [0.717, 1.165) is 28.7 Å². The van der Waals surface area contributed by atoms with E-state index in [1.807, 2.05) is 68.4 Å². The van der Waals surface area contributed by atoms with E-state index in [9.17, 15) is 14.0 Å². The fourth-order valence-corrected chi connectivity index (χ4v) is 3.78. The van der Waals surface area contributed by atoms with Gasteiger partial charge in [-0.05, 0) is 47.7 Å². The van der Waals surface area contributed by atoms with Gasteiger partial charge in [0.05, 0.1) is 6.42 Å². The first-order valence-corrected chi connectivity index (χ1v) is 11.4. The number of benzene rings is 3. The predicted octanol–water partition coefficient (Wildman–Crippen LogP) is 4.84. The minimum Gasteiger partial charge on any atom is -0.354 e. The molecule has 1 N–H and O–H groups in total. The van der Waals surface area contributed by atoms with Crippen LogP contribution in [0.3, 0.4) is 0 Å². The van der Waals surface area contributed by atoms with Gasteiger partial charge in [-0.25, -0.2) is 4.39 Å². The van der Waals surface area contributed by atoms with Crippen LogP contribution in [-0.4, -0.2) is 29.3 Å². The first-order chi connectivity index (χ1) is 16.0. The standard InChI is InChI=1S/C28H31FN2O2/c1-3-17-30-28(33)26(18-22-10-5-4-6-11-22)31(20-23-13-15-25(29)16-14-23)27(32)19-24-12-8-7-9-21(24)2/h4-16,26H,3,17-20H2,1-2H3,(H,30,33). The third-order valence-corrected chi connectivity index (χ3v) is 5.69. The van der Waals surface area contributed by atoms with E-state index in [1.165, 1.54) is 12.1 Å². The number of nitrogens with zero attached hydrogens (tertiary/aromatic N) is 1. The van der Waals surface area contributed by atoms with Gasteiger partial charge in [-0.15, -0.1) is 0 Å². The molecule has 0 aliphatic rings. The zero-order valence-electron chi connectivity index (χ0n) is 19.3. The van der Waals surface area contributed by atoms with Gasteiger partial charge in [-0.1, -0.05) is 73.7 Å². The van der Waals surface area contributed by atoms with Crippen LogP contribution in [0.2, 0.25) is 0 Å². The van der Waals surface area contributed by atoms with Gasteiger partial charge < -0.3 is 10.2 Å². The Morgan fingerprint density at radius 1 is 0.909 bits per heavy atom. The molecule has 0 bridgehead atoms. The molecule has 172 valence electrons. The summed E-state index contributed by atoms with van der Waals surface area (Å²) >= 11 is 0. The maximum atomic E-state index is 13.6. The molecule has 0 aromatic heterocycles. The Morgan fingerprint density at radius 2 is 1.58 bits per heavy atom. The first-order valence-electron chi connectivity index (χ1n) is 11.4. The summed E-state index contributed by atoms with van der Waals surface area (Å²) in [5, 5.41) is 2.97. The van der Waals surface area contributed by atoms with Gasteiger partial charge in [0, 0.05) is 19.5 Å². The molecular weight excluding hydrogens is 415 g/mol. The Hall–Kier alpha value is -3.47. The number of carbonyl (C=O) groups excluding carboxylic acids is 2. The zero-order valence-corrected chi connectivity index (χ0v) is 19.3. The highest BCUT2D eigenvalue weighted by Gasteiger charge is 2.30. The largest absolute Gasteiger partial charge is 0.354 e. The highest BCUT2D eigenvalue weighted by atomic mass is 19.1. The summed E-state index contributed by atoms with van der Waals surface area (Å²) in [6.45, 7) is 4.73. The molecule has 1 atom stereocenters. The van der Waals surface area contributed by atoms with Crippen molar-refractivity contribution in [1.29, 1.82) is 0 Å². The fourth-order valence-electron chi connectivity index (χ4n) is 3.78. The molecular formula is C28H31FN2O2. The molecule has 2 amide bonds. The lowest BCUT2D eigenvalue weighted by Gasteiger charge is -2.32. The topological polar surface area (TPSA) is 49.4 Å². The van der Waals surface area contributed by atoms with Crippen molar-refractivity contribution >= 4 is 11.8 Å². The molecule has 0 aliphatic carbocycles. The lowest BCUT2D eigenvalue weighted by molar-refractivity contribution is -0.140. The molecule has 0 saturated heterocycles. The van der Waals surface area contributed by atoms with Crippen molar-refractivity contribution in [2.45, 2.75) is 45.7 Å². The third-order valence-electron chi connectivity index (χ3n) is 5.69. The second kappa shape index (κ2) is 12.0. The number of amides is 2. The van der Waals surface area contributed by atoms with Crippen molar-refractivity contribution in [2.24, 2.45) is 0 Å². The lowest BCUT2D eigenvalue weighted by Crippen LogP contribution is -2.51. The van der Waals surface area contributed by atoms with Crippen LogP contribution in [0.4, 0.5) is 4.39 Å². The van der Waals surface area contributed by atoms with Crippen LogP contribution in [-0.2, 0) is 29.0 Å². The maximum Gasteiger partial charge on any atom is 0.243 e. The van der Waals surface area contributed by atoms with Crippen LogP contribution < -0.4 is 5.32 Å². The summed E-state index contributed by atoms with van der Waals surface area (Å²) in [5.74, 6) is -0.653. The van der Waals surface area contributed by atoms with Crippen molar-refractivity contribution in [3.05, 3.63) is 107 Å².